The SMILES string of the molecule is CC[C@H](C)[C@@H]([C@@H](CC(=O)N1CCC[C@H]1[C@H](OC)[C@@H](C)CN[C@@H](Cc1ccccc1)C(=O)O)OC)N(C)C(=O)[C@@H](NC(=O)[C@H](C(C)C)N(C)CCON)C(C)C. The maximum atomic E-state index is 14.3. The lowest BCUT2D eigenvalue weighted by Crippen LogP contribution is -2.60. The number of carbonyl (C=O) groups excluding carboxylic acids is 3. The average molecular weight is 777 g/mol. The van der Waals surface area contributed by atoms with E-state index >= 15 is 0 Å². The van der Waals surface area contributed by atoms with Crippen molar-refractivity contribution >= 4 is 23.7 Å². The van der Waals surface area contributed by atoms with Gasteiger partial charge in [-0.05, 0) is 55.5 Å². The van der Waals surface area contributed by atoms with Crippen LogP contribution in [0.1, 0.15) is 79.7 Å². The third-order valence-electron chi connectivity index (χ3n) is 11.3. The molecular formula is C41H72N6O8. The molecule has 314 valence electrons. The molecule has 0 saturated carbocycles. The van der Waals surface area contributed by atoms with Gasteiger partial charge in [-0.3, -0.25) is 24.1 Å². The number of nitrogens with zero attached hydrogens (tertiary/aromatic N) is 3. The Balaban J connectivity index is 2.24. The van der Waals surface area contributed by atoms with Crippen molar-refractivity contribution in [1.82, 2.24) is 25.3 Å². The summed E-state index contributed by atoms with van der Waals surface area (Å²) in [4.78, 5) is 64.5. The van der Waals surface area contributed by atoms with Gasteiger partial charge in [0.1, 0.15) is 12.1 Å². The second-order valence-corrected chi connectivity index (χ2v) is 16.0. The van der Waals surface area contributed by atoms with Gasteiger partial charge in [-0.1, -0.05) is 85.2 Å². The second-order valence-electron chi connectivity index (χ2n) is 16.0. The largest absolute Gasteiger partial charge is 0.480 e. The van der Waals surface area contributed by atoms with Crippen LogP contribution in [-0.4, -0.2) is 140 Å². The number of carbonyl (C=O) groups is 4. The van der Waals surface area contributed by atoms with E-state index in [1.54, 1.807) is 26.2 Å². The molecule has 55 heavy (non-hydrogen) atoms. The molecule has 0 unspecified atom stereocenters. The number of hydrogen-bond donors (Lipinski definition) is 4. The normalized spacial score (nSPS) is 19.1. The van der Waals surface area contributed by atoms with Gasteiger partial charge >= 0.3 is 5.97 Å². The Morgan fingerprint density at radius 1 is 0.982 bits per heavy atom. The van der Waals surface area contributed by atoms with Crippen molar-refractivity contribution in [2.75, 3.05) is 54.6 Å². The molecule has 1 saturated heterocycles. The Bertz CT molecular complexity index is 1320. The Hall–Kier alpha value is -3.14. The number of hydrogen-bond acceptors (Lipinski definition) is 10. The highest BCUT2D eigenvalue weighted by Crippen LogP contribution is 2.29. The highest BCUT2D eigenvalue weighted by Gasteiger charge is 2.42. The fourth-order valence-electron chi connectivity index (χ4n) is 8.09. The van der Waals surface area contributed by atoms with Crippen molar-refractivity contribution in [3.05, 3.63) is 35.9 Å². The number of likely N-dealkylation sites (tertiary alicyclic amines) is 1. The highest BCUT2D eigenvalue weighted by atomic mass is 16.6. The molecule has 5 N–H and O–H groups in total. The first-order chi connectivity index (χ1) is 26.0. The van der Waals surface area contributed by atoms with E-state index in [4.69, 9.17) is 20.2 Å². The lowest BCUT2D eigenvalue weighted by atomic mass is 9.89. The number of nitrogens with two attached hydrogens (primary N) is 1. The first-order valence-corrected chi connectivity index (χ1v) is 20.0. The van der Waals surface area contributed by atoms with Crippen LogP contribution in [0.15, 0.2) is 30.3 Å². The quantitative estimate of drug-likeness (QED) is 0.107. The van der Waals surface area contributed by atoms with Gasteiger partial charge in [-0.15, -0.1) is 0 Å². The topological polar surface area (TPSA) is 176 Å². The van der Waals surface area contributed by atoms with Gasteiger partial charge in [-0.2, -0.15) is 0 Å². The number of amides is 3. The molecule has 3 amide bonds. The molecule has 0 aromatic heterocycles. The summed E-state index contributed by atoms with van der Waals surface area (Å²) in [6, 6.07) is 6.81. The molecule has 1 aromatic rings. The van der Waals surface area contributed by atoms with Crippen molar-refractivity contribution < 1.29 is 38.6 Å². The number of nitrogens with one attached hydrogen (secondary N) is 2. The van der Waals surface area contributed by atoms with Gasteiger partial charge in [0, 0.05) is 40.9 Å². The number of methoxy groups -OCH3 is 2. The van der Waals surface area contributed by atoms with Gasteiger partial charge in [0.25, 0.3) is 0 Å². The zero-order valence-corrected chi connectivity index (χ0v) is 35.3. The summed E-state index contributed by atoms with van der Waals surface area (Å²) >= 11 is 0. The van der Waals surface area contributed by atoms with Gasteiger partial charge in [0.15, 0.2) is 0 Å². The lowest BCUT2D eigenvalue weighted by Gasteiger charge is -2.41. The summed E-state index contributed by atoms with van der Waals surface area (Å²) in [5, 5.41) is 16.2. The van der Waals surface area contributed by atoms with Crippen molar-refractivity contribution in [1.29, 1.82) is 0 Å². The number of likely N-dealkylation sites (N-methyl/N-ethyl adjacent to an activating group) is 2. The van der Waals surface area contributed by atoms with Crippen LogP contribution in [0.4, 0.5) is 0 Å². The third-order valence-corrected chi connectivity index (χ3v) is 11.3. The molecule has 1 aromatic carbocycles. The Kier molecular flexibility index (Phi) is 20.8. The summed E-state index contributed by atoms with van der Waals surface area (Å²) in [7, 11) is 6.78. The van der Waals surface area contributed by atoms with Gasteiger partial charge in [0.2, 0.25) is 17.7 Å². The number of rotatable bonds is 25. The first-order valence-electron chi connectivity index (χ1n) is 20.0. The Morgan fingerprint density at radius 3 is 2.16 bits per heavy atom. The Morgan fingerprint density at radius 2 is 1.64 bits per heavy atom. The minimum Gasteiger partial charge on any atom is -0.480 e. The zero-order valence-electron chi connectivity index (χ0n) is 35.3. The molecule has 0 spiro atoms. The van der Waals surface area contributed by atoms with Crippen LogP contribution >= 0.6 is 0 Å². The molecule has 0 radical (unpaired) electrons. The van der Waals surface area contributed by atoms with E-state index in [2.05, 4.69) is 10.6 Å². The van der Waals surface area contributed by atoms with E-state index < -0.39 is 36.2 Å². The smallest absolute Gasteiger partial charge is 0.321 e. The minimum atomic E-state index is -0.920. The standard InChI is InChI=1S/C41H72N6O8/c1-12-28(6)37(46(9)40(50)35(26(2)3)44-39(49)36(27(4)5)45(8)21-22-55-42)33(53-10)24-34(48)47-20-16-19-32(47)38(54-11)29(7)25-43-31(41(51)52)23-30-17-14-13-15-18-30/h13-15,17-18,26-29,31-33,35-38,43H,12,16,19-25,42H2,1-11H3,(H,44,49)(H,51,52)/t28-,29-,31-,32-,33+,35-,36-,37-,38+/m0/s1. The predicted octanol–water partition coefficient (Wildman–Crippen LogP) is 3.18. The number of aliphatic carboxylic acids is 1. The molecule has 1 fully saturated rings. The third kappa shape index (κ3) is 13.8. The van der Waals surface area contributed by atoms with Crippen LogP contribution in [0.25, 0.3) is 0 Å². The summed E-state index contributed by atoms with van der Waals surface area (Å²) < 4.78 is 12.1. The van der Waals surface area contributed by atoms with Gasteiger partial charge in [0.05, 0.1) is 43.4 Å². The van der Waals surface area contributed by atoms with Crippen molar-refractivity contribution in [2.45, 2.75) is 123 Å². The molecule has 1 heterocycles. The summed E-state index contributed by atoms with van der Waals surface area (Å²) in [6.07, 6.45) is 1.79. The monoisotopic (exact) mass is 777 g/mol. The first kappa shape index (κ1) is 48.0. The van der Waals surface area contributed by atoms with Gasteiger partial charge in [-0.25, -0.2) is 5.90 Å². The van der Waals surface area contributed by atoms with E-state index in [0.29, 0.717) is 26.1 Å². The van der Waals surface area contributed by atoms with E-state index in [1.165, 1.54) is 0 Å². The summed E-state index contributed by atoms with van der Waals surface area (Å²) in [5.74, 6) is 3.38. The van der Waals surface area contributed by atoms with Crippen LogP contribution in [0.5, 0.6) is 0 Å². The van der Waals surface area contributed by atoms with E-state index in [1.807, 2.05) is 95.6 Å². The molecule has 14 heteroatoms. The van der Waals surface area contributed by atoms with Crippen molar-refractivity contribution in [3.63, 3.8) is 0 Å². The minimum absolute atomic E-state index is 0.0220. The number of benzene rings is 1. The van der Waals surface area contributed by atoms with Crippen LogP contribution in [0.3, 0.4) is 0 Å². The molecule has 1 aliphatic heterocycles. The van der Waals surface area contributed by atoms with Gasteiger partial charge < -0.3 is 39.9 Å². The number of carboxylic acid groups (broad SMARTS) is 1. The molecule has 14 nitrogen and oxygen atoms in total. The molecule has 1 aliphatic rings. The molecular weight excluding hydrogens is 704 g/mol. The maximum absolute atomic E-state index is 14.3. The lowest BCUT2D eigenvalue weighted by molar-refractivity contribution is -0.147. The summed E-state index contributed by atoms with van der Waals surface area (Å²) in [5.41, 5.74) is 0.934. The van der Waals surface area contributed by atoms with E-state index in [9.17, 15) is 24.3 Å². The van der Waals surface area contributed by atoms with Crippen LogP contribution in [-0.2, 0) is 39.9 Å². The second kappa shape index (κ2) is 23.8. The van der Waals surface area contributed by atoms with Crippen LogP contribution in [0.2, 0.25) is 0 Å². The maximum Gasteiger partial charge on any atom is 0.321 e. The molecule has 0 aliphatic carbocycles. The predicted molar refractivity (Wildman–Crippen MR) is 214 cm³/mol. The number of ether oxygens (including phenoxy) is 2. The Labute approximate surface area is 330 Å². The zero-order chi connectivity index (χ0) is 41.4. The number of carboxylic acids is 1. The molecule has 2 rings (SSSR count). The molecule has 9 atom stereocenters. The molecule has 0 bridgehead atoms. The van der Waals surface area contributed by atoms with Crippen molar-refractivity contribution in [3.8, 4) is 0 Å². The van der Waals surface area contributed by atoms with E-state index in [0.717, 1.165) is 24.8 Å². The average Bonchev–Trinajstić information content (AvgIpc) is 3.63. The van der Waals surface area contributed by atoms with E-state index in [-0.39, 0.29) is 66.6 Å². The summed E-state index contributed by atoms with van der Waals surface area (Å²) in [6.45, 7) is 15.5. The van der Waals surface area contributed by atoms with Crippen LogP contribution in [0, 0.1) is 23.7 Å². The fraction of sp³-hybridized carbons (Fsp3) is 0.756. The fourth-order valence-corrected chi connectivity index (χ4v) is 8.09. The van der Waals surface area contributed by atoms with Crippen molar-refractivity contribution in [2.24, 2.45) is 29.6 Å². The van der Waals surface area contributed by atoms with Crippen LogP contribution < -0.4 is 16.5 Å². The highest BCUT2D eigenvalue weighted by molar-refractivity contribution is 5.90.